The first-order valence-electron chi connectivity index (χ1n) is 6.83. The van der Waals surface area contributed by atoms with Crippen molar-refractivity contribution in [3.63, 3.8) is 0 Å². The fraction of sp³-hybridized carbons (Fsp3) is 0.429. The predicted octanol–water partition coefficient (Wildman–Crippen LogP) is 1.39. The van der Waals surface area contributed by atoms with Crippen molar-refractivity contribution in [3.8, 4) is 0 Å². The van der Waals surface area contributed by atoms with E-state index in [1.54, 1.807) is 11.0 Å². The molecule has 1 heterocycles. The van der Waals surface area contributed by atoms with Gasteiger partial charge in [-0.1, -0.05) is 37.3 Å². The Labute approximate surface area is 125 Å². The zero-order valence-electron chi connectivity index (χ0n) is 12.2. The van der Waals surface area contributed by atoms with Crippen molar-refractivity contribution in [2.45, 2.75) is 32.4 Å². The highest BCUT2D eigenvalue weighted by atomic mass is 32.2. The van der Waals surface area contributed by atoms with Crippen molar-refractivity contribution in [2.75, 3.05) is 5.75 Å². The third kappa shape index (κ3) is 4.95. The highest BCUT2D eigenvalue weighted by Gasteiger charge is 2.19. The van der Waals surface area contributed by atoms with Crippen molar-refractivity contribution < 1.29 is 8.42 Å². The Kier molecular flexibility index (Phi) is 5.08. The molecule has 0 radical (unpaired) electrons. The maximum atomic E-state index is 12.2. The van der Waals surface area contributed by atoms with E-state index in [-0.39, 0.29) is 17.7 Å². The lowest BCUT2D eigenvalue weighted by Crippen LogP contribution is -2.38. The van der Waals surface area contributed by atoms with Gasteiger partial charge in [-0.2, -0.15) is 5.10 Å². The van der Waals surface area contributed by atoms with E-state index < -0.39 is 10.0 Å². The summed E-state index contributed by atoms with van der Waals surface area (Å²) < 4.78 is 28.7. The van der Waals surface area contributed by atoms with Crippen LogP contribution in [0, 0.1) is 0 Å². The van der Waals surface area contributed by atoms with Crippen LogP contribution >= 0.6 is 0 Å². The zero-order valence-corrected chi connectivity index (χ0v) is 13.0. The quantitative estimate of drug-likeness (QED) is 0.838. The molecule has 2 aromatic rings. The van der Waals surface area contributed by atoms with Gasteiger partial charge in [-0.15, -0.1) is 0 Å². The number of rotatable bonds is 7. The average Bonchev–Trinajstić information content (AvgIpc) is 2.91. The number of sulfonamides is 1. The molecule has 0 saturated heterocycles. The molecule has 6 nitrogen and oxygen atoms in total. The van der Waals surface area contributed by atoms with Gasteiger partial charge in [0, 0.05) is 6.04 Å². The predicted molar refractivity (Wildman–Crippen MR) is 81.3 cm³/mol. The molecule has 21 heavy (non-hydrogen) atoms. The lowest BCUT2D eigenvalue weighted by molar-refractivity contribution is 0.491. The molecule has 1 N–H and O–H groups in total. The molecule has 0 aliphatic rings. The van der Waals surface area contributed by atoms with E-state index in [9.17, 15) is 8.42 Å². The van der Waals surface area contributed by atoms with Crippen molar-refractivity contribution >= 4 is 10.0 Å². The molecule has 1 aromatic carbocycles. The summed E-state index contributed by atoms with van der Waals surface area (Å²) in [6, 6.07) is 9.40. The van der Waals surface area contributed by atoms with Crippen LogP contribution in [0.5, 0.6) is 0 Å². The molecule has 114 valence electrons. The van der Waals surface area contributed by atoms with Gasteiger partial charge in [0.15, 0.2) is 0 Å². The summed E-state index contributed by atoms with van der Waals surface area (Å²) >= 11 is 0. The van der Waals surface area contributed by atoms with Crippen LogP contribution in [0.1, 0.15) is 25.3 Å². The third-order valence-corrected chi connectivity index (χ3v) is 4.85. The molecule has 0 fully saturated rings. The molecular formula is C14H20N4O2S. The van der Waals surface area contributed by atoms with Crippen molar-refractivity contribution in [1.82, 2.24) is 19.5 Å². The monoisotopic (exact) mass is 308 g/mol. The molecule has 0 spiro atoms. The van der Waals surface area contributed by atoms with Gasteiger partial charge in [0.2, 0.25) is 10.0 Å². The van der Waals surface area contributed by atoms with E-state index in [4.69, 9.17) is 0 Å². The van der Waals surface area contributed by atoms with E-state index in [1.165, 1.54) is 6.33 Å². The topological polar surface area (TPSA) is 76.9 Å². The molecule has 0 aliphatic carbocycles. The van der Waals surface area contributed by atoms with E-state index in [0.717, 1.165) is 5.56 Å². The Balaban J connectivity index is 1.92. The first-order chi connectivity index (χ1) is 9.96. The summed E-state index contributed by atoms with van der Waals surface area (Å²) in [6.07, 6.45) is 3.00. The van der Waals surface area contributed by atoms with Gasteiger partial charge in [0.1, 0.15) is 12.7 Å². The van der Waals surface area contributed by atoms with Gasteiger partial charge in [-0.05, 0) is 18.4 Å². The van der Waals surface area contributed by atoms with E-state index >= 15 is 0 Å². The Morgan fingerprint density at radius 3 is 2.57 bits per heavy atom. The van der Waals surface area contributed by atoms with Gasteiger partial charge < -0.3 is 0 Å². The van der Waals surface area contributed by atoms with Crippen LogP contribution < -0.4 is 4.72 Å². The second-order valence-electron chi connectivity index (χ2n) is 5.23. The smallest absolute Gasteiger partial charge is 0.212 e. The van der Waals surface area contributed by atoms with Crippen LogP contribution in [-0.4, -0.2) is 35.0 Å². The van der Waals surface area contributed by atoms with Crippen molar-refractivity contribution in [3.05, 3.63) is 48.5 Å². The largest absolute Gasteiger partial charge is 0.251 e. The molecule has 0 bridgehead atoms. The minimum atomic E-state index is -3.34. The highest BCUT2D eigenvalue weighted by Crippen LogP contribution is 2.16. The van der Waals surface area contributed by atoms with Crippen LogP contribution in [0.2, 0.25) is 0 Å². The fourth-order valence-corrected chi connectivity index (χ4v) is 3.84. The zero-order chi connectivity index (χ0) is 15.3. The Morgan fingerprint density at radius 1 is 1.24 bits per heavy atom. The summed E-state index contributed by atoms with van der Waals surface area (Å²) in [5.41, 5.74) is 1.02. The normalized spacial score (nSPS) is 14.8. The maximum Gasteiger partial charge on any atom is 0.212 e. The molecule has 2 rings (SSSR count). The van der Waals surface area contributed by atoms with E-state index in [1.807, 2.05) is 44.2 Å². The first kappa shape index (κ1) is 15.7. The maximum absolute atomic E-state index is 12.2. The number of nitrogens with one attached hydrogen (secondary N) is 1. The minimum absolute atomic E-state index is 0.0535. The number of hydrogen-bond acceptors (Lipinski definition) is 4. The number of aromatic nitrogens is 3. The Hall–Kier alpha value is -1.73. The summed E-state index contributed by atoms with van der Waals surface area (Å²) in [5.74, 6) is 0.0147. The third-order valence-electron chi connectivity index (χ3n) is 3.15. The molecule has 0 saturated carbocycles. The molecule has 7 heteroatoms. The summed E-state index contributed by atoms with van der Waals surface area (Å²) in [7, 11) is -3.34. The van der Waals surface area contributed by atoms with Gasteiger partial charge in [-0.25, -0.2) is 18.1 Å². The van der Waals surface area contributed by atoms with Crippen LogP contribution in [0.3, 0.4) is 0 Å². The van der Waals surface area contributed by atoms with Crippen molar-refractivity contribution in [2.24, 2.45) is 0 Å². The van der Waals surface area contributed by atoms with Gasteiger partial charge in [-0.3, -0.25) is 4.68 Å². The van der Waals surface area contributed by atoms with Crippen LogP contribution in [0.25, 0.3) is 0 Å². The van der Waals surface area contributed by atoms with E-state index in [0.29, 0.717) is 6.54 Å². The minimum Gasteiger partial charge on any atom is -0.251 e. The van der Waals surface area contributed by atoms with Crippen molar-refractivity contribution in [1.29, 1.82) is 0 Å². The molecular weight excluding hydrogens is 288 g/mol. The Bertz CT molecular complexity index is 641. The van der Waals surface area contributed by atoms with E-state index in [2.05, 4.69) is 14.8 Å². The highest BCUT2D eigenvalue weighted by molar-refractivity contribution is 7.89. The summed E-state index contributed by atoms with van der Waals surface area (Å²) in [4.78, 5) is 3.83. The second kappa shape index (κ2) is 6.82. The molecule has 1 aromatic heterocycles. The van der Waals surface area contributed by atoms with Crippen LogP contribution in [-0.2, 0) is 16.6 Å². The number of nitrogens with zero attached hydrogens (tertiary/aromatic N) is 3. The van der Waals surface area contributed by atoms with Gasteiger partial charge in [0.05, 0.1) is 12.3 Å². The lowest BCUT2D eigenvalue weighted by atomic mass is 10.0. The number of benzene rings is 1. The Morgan fingerprint density at radius 2 is 1.95 bits per heavy atom. The summed E-state index contributed by atoms with van der Waals surface area (Å²) in [6.45, 7) is 4.18. The first-order valence-corrected chi connectivity index (χ1v) is 8.49. The molecule has 0 aliphatic heterocycles. The number of hydrogen-bond donors (Lipinski definition) is 1. The molecule has 2 atom stereocenters. The van der Waals surface area contributed by atoms with Crippen LogP contribution in [0.15, 0.2) is 43.0 Å². The van der Waals surface area contributed by atoms with Crippen LogP contribution in [0.4, 0.5) is 0 Å². The lowest BCUT2D eigenvalue weighted by Gasteiger charge is -2.17. The molecule has 0 unspecified atom stereocenters. The average molecular weight is 308 g/mol. The molecule has 0 amide bonds. The van der Waals surface area contributed by atoms with Gasteiger partial charge in [0.25, 0.3) is 0 Å². The summed E-state index contributed by atoms with van der Waals surface area (Å²) in [5, 5.41) is 3.97. The fourth-order valence-electron chi connectivity index (χ4n) is 2.21. The van der Waals surface area contributed by atoms with Gasteiger partial charge >= 0.3 is 0 Å². The standard InChI is InChI=1S/C14H20N4O2S/c1-12(14-6-4-3-5-7-14)9-21(19,20)17-13(2)8-18-11-15-10-16-18/h3-7,10-13,17H,8-9H2,1-2H3/t12-,13-/m1/s1. The SMILES string of the molecule is C[C@H](Cn1cncn1)NS(=O)(=O)C[C@@H](C)c1ccccc1. The second-order valence-corrected chi connectivity index (χ2v) is 7.03.